The van der Waals surface area contributed by atoms with Gasteiger partial charge in [0.25, 0.3) is 0 Å². The Balaban J connectivity index is 2.63. The number of hydrogen-bond donors (Lipinski definition) is 0. The van der Waals surface area contributed by atoms with E-state index in [0.29, 0.717) is 5.49 Å². The van der Waals surface area contributed by atoms with E-state index in [4.69, 9.17) is 21.3 Å². The summed E-state index contributed by atoms with van der Waals surface area (Å²) >= 11 is 6.11. The number of ether oxygens (including phenoxy) is 1. The maximum absolute atomic E-state index is 11.7. The molecule has 0 aliphatic heterocycles. The molecular formula is C18H24N3O2PS. The molecule has 2 rings (SSSR count). The molecule has 0 aliphatic rings. The molecule has 2 aromatic rings. The summed E-state index contributed by atoms with van der Waals surface area (Å²) in [7, 11) is 1.38. The van der Waals surface area contributed by atoms with Crippen molar-refractivity contribution in [3.63, 3.8) is 0 Å². The smallest absolute Gasteiger partial charge is 0.325 e. The maximum Gasteiger partial charge on any atom is 0.325 e. The SMILES string of the molecule is CCN(CC)P(=S)(/N=c1\ccccn1CC(=O)OC)c1ccccc1. The zero-order valence-electron chi connectivity index (χ0n) is 14.8. The summed E-state index contributed by atoms with van der Waals surface area (Å²) in [6.45, 7) is 5.93. The number of aromatic nitrogens is 1. The molecule has 0 saturated heterocycles. The molecule has 0 radical (unpaired) electrons. The largest absolute Gasteiger partial charge is 0.468 e. The van der Waals surface area contributed by atoms with E-state index in [1.165, 1.54) is 7.11 Å². The second-order valence-corrected chi connectivity index (χ2v) is 9.28. The van der Waals surface area contributed by atoms with E-state index in [-0.39, 0.29) is 12.5 Å². The lowest BCUT2D eigenvalue weighted by molar-refractivity contribution is -0.141. The predicted molar refractivity (Wildman–Crippen MR) is 105 cm³/mol. The summed E-state index contributed by atoms with van der Waals surface area (Å²) < 4.78 is 13.8. The molecule has 1 heterocycles. The van der Waals surface area contributed by atoms with Gasteiger partial charge in [-0.2, -0.15) is 0 Å². The summed E-state index contributed by atoms with van der Waals surface area (Å²) in [5, 5.41) is 1.04. The lowest BCUT2D eigenvalue weighted by Crippen LogP contribution is -2.29. The van der Waals surface area contributed by atoms with Crippen LogP contribution in [0.5, 0.6) is 0 Å². The Hall–Kier alpha value is -1.75. The van der Waals surface area contributed by atoms with Crippen molar-refractivity contribution in [2.45, 2.75) is 20.4 Å². The second-order valence-electron chi connectivity index (χ2n) is 5.38. The normalized spacial score (nSPS) is 14.3. The molecule has 0 bridgehead atoms. The van der Waals surface area contributed by atoms with Crippen LogP contribution < -0.4 is 10.8 Å². The minimum atomic E-state index is -2.36. The third kappa shape index (κ3) is 4.66. The van der Waals surface area contributed by atoms with Gasteiger partial charge in [-0.15, -0.1) is 0 Å². The Labute approximate surface area is 154 Å². The zero-order valence-corrected chi connectivity index (χ0v) is 16.5. The van der Waals surface area contributed by atoms with Gasteiger partial charge in [0.1, 0.15) is 12.0 Å². The van der Waals surface area contributed by atoms with Crippen LogP contribution in [0.15, 0.2) is 59.5 Å². The van der Waals surface area contributed by atoms with Gasteiger partial charge >= 0.3 is 5.97 Å². The van der Waals surface area contributed by atoms with Crippen molar-refractivity contribution in [3.05, 3.63) is 60.2 Å². The lowest BCUT2D eigenvalue weighted by atomic mass is 10.4. The molecule has 0 aliphatic carbocycles. The minimum absolute atomic E-state index is 0.110. The minimum Gasteiger partial charge on any atom is -0.468 e. The molecule has 0 fully saturated rings. The summed E-state index contributed by atoms with van der Waals surface area (Å²) in [5.41, 5.74) is 0.687. The molecule has 0 N–H and O–H groups in total. The number of hydrogen-bond acceptors (Lipinski definition) is 3. The summed E-state index contributed by atoms with van der Waals surface area (Å²) in [5.74, 6) is -0.316. The molecule has 5 nitrogen and oxygen atoms in total. The molecule has 0 spiro atoms. The van der Waals surface area contributed by atoms with Crippen molar-refractivity contribution < 1.29 is 9.53 Å². The molecular weight excluding hydrogens is 353 g/mol. The van der Waals surface area contributed by atoms with Gasteiger partial charge in [-0.05, 0) is 12.1 Å². The summed E-state index contributed by atoms with van der Waals surface area (Å²) in [6.07, 6.45) is -0.542. The number of pyridine rings is 1. The van der Waals surface area contributed by atoms with Gasteiger partial charge < -0.3 is 9.30 Å². The van der Waals surface area contributed by atoms with E-state index >= 15 is 0 Å². The van der Waals surface area contributed by atoms with Crippen LogP contribution in [0.1, 0.15) is 13.8 Å². The van der Waals surface area contributed by atoms with E-state index < -0.39 is 6.34 Å². The van der Waals surface area contributed by atoms with Crippen LogP contribution in [-0.4, -0.2) is 35.4 Å². The number of carbonyl (C=O) groups is 1. The van der Waals surface area contributed by atoms with Crippen LogP contribution in [0.25, 0.3) is 0 Å². The summed E-state index contributed by atoms with van der Waals surface area (Å²) in [6, 6.07) is 15.7. The van der Waals surface area contributed by atoms with Crippen LogP contribution in [0.3, 0.4) is 0 Å². The second kappa shape index (κ2) is 9.09. The fourth-order valence-corrected chi connectivity index (χ4v) is 6.21. The van der Waals surface area contributed by atoms with Crippen molar-refractivity contribution in [2.24, 2.45) is 4.76 Å². The third-order valence-corrected chi connectivity index (χ3v) is 8.24. The van der Waals surface area contributed by atoms with E-state index in [1.54, 1.807) is 4.57 Å². The van der Waals surface area contributed by atoms with E-state index in [0.717, 1.165) is 18.4 Å². The van der Waals surface area contributed by atoms with Crippen molar-refractivity contribution in [3.8, 4) is 0 Å². The van der Waals surface area contributed by atoms with Crippen LogP contribution in [0, 0.1) is 0 Å². The monoisotopic (exact) mass is 377 g/mol. The Bertz CT molecular complexity index is 816. The van der Waals surface area contributed by atoms with Gasteiger partial charge in [-0.1, -0.05) is 62.1 Å². The Kier molecular flexibility index (Phi) is 7.12. The number of nitrogens with zero attached hydrogens (tertiary/aromatic N) is 3. The lowest BCUT2D eigenvalue weighted by Gasteiger charge is -2.30. The van der Waals surface area contributed by atoms with Crippen LogP contribution in [0.4, 0.5) is 0 Å². The topological polar surface area (TPSA) is 46.8 Å². The molecule has 1 unspecified atom stereocenters. The average Bonchev–Trinajstić information content (AvgIpc) is 2.65. The third-order valence-electron chi connectivity index (χ3n) is 3.89. The van der Waals surface area contributed by atoms with Crippen LogP contribution >= 0.6 is 6.34 Å². The van der Waals surface area contributed by atoms with Crippen molar-refractivity contribution >= 4 is 29.4 Å². The van der Waals surface area contributed by atoms with Gasteiger partial charge in [0, 0.05) is 24.6 Å². The van der Waals surface area contributed by atoms with Crippen LogP contribution in [-0.2, 0) is 27.9 Å². The highest BCUT2D eigenvalue weighted by molar-refractivity contribution is 8.16. The highest BCUT2D eigenvalue weighted by Crippen LogP contribution is 2.49. The molecule has 1 aromatic heterocycles. The van der Waals surface area contributed by atoms with E-state index in [9.17, 15) is 4.79 Å². The molecule has 134 valence electrons. The van der Waals surface area contributed by atoms with Gasteiger partial charge in [0.05, 0.1) is 7.11 Å². The number of rotatable bonds is 7. The van der Waals surface area contributed by atoms with Gasteiger partial charge in [-0.25, -0.2) is 4.76 Å². The fraction of sp³-hybridized carbons (Fsp3) is 0.333. The number of esters is 1. The van der Waals surface area contributed by atoms with Gasteiger partial charge in [0.2, 0.25) is 0 Å². The van der Waals surface area contributed by atoms with E-state index in [1.807, 2.05) is 54.7 Å². The first-order valence-corrected chi connectivity index (χ1v) is 11.0. The zero-order chi connectivity index (χ0) is 18.3. The highest BCUT2D eigenvalue weighted by atomic mass is 32.4. The quantitative estimate of drug-likeness (QED) is 0.550. The Morgan fingerprint density at radius 1 is 1.16 bits per heavy atom. The van der Waals surface area contributed by atoms with Crippen LogP contribution in [0.2, 0.25) is 0 Å². The molecule has 1 atom stereocenters. The molecule has 1 aromatic carbocycles. The van der Waals surface area contributed by atoms with Gasteiger partial charge in [-0.3, -0.25) is 9.46 Å². The average molecular weight is 377 g/mol. The first kappa shape index (κ1) is 19.6. The standard InChI is InChI=1S/C18H24N3O2PS/c1-4-21(5-2)24(25,16-11-7-6-8-12-16)19-17-13-9-10-14-20(17)15-18(22)23-3/h6-14H,4-5,15H2,1-3H3/b19-17+. The highest BCUT2D eigenvalue weighted by Gasteiger charge is 2.25. The first-order valence-electron chi connectivity index (χ1n) is 8.24. The number of carbonyl (C=O) groups excluding carboxylic acids is 1. The predicted octanol–water partition coefficient (Wildman–Crippen LogP) is 2.54. The number of methoxy groups -OCH3 is 1. The molecule has 0 saturated carbocycles. The van der Waals surface area contributed by atoms with Gasteiger partial charge in [0.15, 0.2) is 6.34 Å². The fourth-order valence-electron chi connectivity index (χ4n) is 2.55. The van der Waals surface area contributed by atoms with Crippen molar-refractivity contribution in [1.29, 1.82) is 0 Å². The van der Waals surface area contributed by atoms with Crippen molar-refractivity contribution in [2.75, 3.05) is 20.2 Å². The Morgan fingerprint density at radius 3 is 2.40 bits per heavy atom. The summed E-state index contributed by atoms with van der Waals surface area (Å²) in [4.78, 5) is 11.7. The Morgan fingerprint density at radius 2 is 1.80 bits per heavy atom. The molecule has 25 heavy (non-hydrogen) atoms. The van der Waals surface area contributed by atoms with Crippen molar-refractivity contribution in [1.82, 2.24) is 9.24 Å². The molecule has 0 amide bonds. The van der Waals surface area contributed by atoms with E-state index in [2.05, 4.69) is 18.5 Å². The first-order chi connectivity index (χ1) is 12.0. The number of benzene rings is 1. The molecule has 7 heteroatoms. The maximum atomic E-state index is 11.7.